The van der Waals surface area contributed by atoms with Crippen molar-refractivity contribution in [3.63, 3.8) is 0 Å². The largest absolute Gasteiger partial charge is 0.417 e. The Balaban J connectivity index is 1.67. The fraction of sp³-hybridized carbons (Fsp3) is 0.261. The Hall–Kier alpha value is -3.20. The van der Waals surface area contributed by atoms with Crippen molar-refractivity contribution in [2.45, 2.75) is 24.9 Å². The Labute approximate surface area is 187 Å². The van der Waals surface area contributed by atoms with Crippen LogP contribution in [0.4, 0.5) is 18.9 Å². The van der Waals surface area contributed by atoms with Gasteiger partial charge >= 0.3 is 6.18 Å². The molecule has 32 heavy (non-hydrogen) atoms. The van der Waals surface area contributed by atoms with E-state index in [1.807, 2.05) is 30.3 Å². The topological polar surface area (TPSA) is 62.3 Å². The number of nitrogens with zero attached hydrogens (tertiary/aromatic N) is 2. The summed E-state index contributed by atoms with van der Waals surface area (Å²) >= 11 is 1.04. The number of rotatable bonds is 5. The van der Waals surface area contributed by atoms with Gasteiger partial charge in [0.2, 0.25) is 0 Å². The third kappa shape index (κ3) is 4.38. The van der Waals surface area contributed by atoms with Gasteiger partial charge in [0, 0.05) is 30.9 Å². The summed E-state index contributed by atoms with van der Waals surface area (Å²) < 4.78 is 45.2. The summed E-state index contributed by atoms with van der Waals surface area (Å²) in [6.45, 7) is 0. The van der Waals surface area contributed by atoms with Crippen molar-refractivity contribution >= 4 is 29.0 Å². The highest BCUT2D eigenvalue weighted by Crippen LogP contribution is 2.47. The number of carbonyl (C=O) groups is 2. The zero-order chi connectivity index (χ0) is 23.0. The molecule has 166 valence electrons. The van der Waals surface area contributed by atoms with Crippen LogP contribution in [0.5, 0.6) is 0 Å². The van der Waals surface area contributed by atoms with Crippen molar-refractivity contribution in [2.24, 2.45) is 0 Å². The summed E-state index contributed by atoms with van der Waals surface area (Å²) in [7, 11) is 2.76. The highest BCUT2D eigenvalue weighted by Gasteiger charge is 2.37. The van der Waals surface area contributed by atoms with Crippen molar-refractivity contribution in [3.8, 4) is 11.3 Å². The number of anilines is 1. The van der Waals surface area contributed by atoms with Crippen molar-refractivity contribution in [2.75, 3.05) is 19.4 Å². The summed E-state index contributed by atoms with van der Waals surface area (Å²) in [4.78, 5) is 26.6. The highest BCUT2D eigenvalue weighted by molar-refractivity contribution is 7.08. The van der Waals surface area contributed by atoms with E-state index < -0.39 is 29.1 Å². The molecule has 0 spiro atoms. The minimum Gasteiger partial charge on any atom is -0.345 e. The molecule has 3 aromatic rings. The first-order chi connectivity index (χ1) is 15.2. The predicted octanol–water partition coefficient (Wildman–Crippen LogP) is 5.66. The molecular weight excluding hydrogens is 439 g/mol. The number of aromatic nitrogens is 1. The summed E-state index contributed by atoms with van der Waals surface area (Å²) in [5.74, 6) is -1.05. The first-order valence-corrected chi connectivity index (χ1v) is 10.7. The highest BCUT2D eigenvalue weighted by atomic mass is 32.1. The molecule has 2 aromatic carbocycles. The third-order valence-electron chi connectivity index (χ3n) is 5.19. The van der Waals surface area contributed by atoms with Gasteiger partial charge in [0.15, 0.2) is 0 Å². The molecule has 1 N–H and O–H groups in total. The summed E-state index contributed by atoms with van der Waals surface area (Å²) in [6, 6.07) is 12.7. The van der Waals surface area contributed by atoms with Crippen LogP contribution in [0.2, 0.25) is 0 Å². The van der Waals surface area contributed by atoms with Crippen molar-refractivity contribution in [3.05, 3.63) is 70.1 Å². The maximum Gasteiger partial charge on any atom is 0.417 e. The third-order valence-corrected chi connectivity index (χ3v) is 6.05. The summed E-state index contributed by atoms with van der Waals surface area (Å²) in [6.07, 6.45) is -2.86. The first-order valence-electron chi connectivity index (χ1n) is 9.96. The normalized spacial score (nSPS) is 13.7. The van der Waals surface area contributed by atoms with E-state index in [2.05, 4.69) is 9.69 Å². The van der Waals surface area contributed by atoms with Gasteiger partial charge in [-0.1, -0.05) is 30.3 Å². The number of benzene rings is 2. The van der Waals surface area contributed by atoms with E-state index in [0.29, 0.717) is 4.88 Å². The van der Waals surface area contributed by atoms with Gasteiger partial charge in [0.1, 0.15) is 4.88 Å². The van der Waals surface area contributed by atoms with Crippen LogP contribution in [0.15, 0.2) is 48.5 Å². The maximum absolute atomic E-state index is 13.6. The second kappa shape index (κ2) is 8.38. The number of hydrogen-bond acceptors (Lipinski definition) is 4. The van der Waals surface area contributed by atoms with Crippen LogP contribution in [-0.2, 0) is 6.18 Å². The molecule has 0 radical (unpaired) electrons. The monoisotopic (exact) mass is 459 g/mol. The SMILES string of the molecule is CN(C)C(=O)c1ccc(NC(=O)c2snc(-c3ccccc3)c2C2CC2)cc1C(F)(F)F. The standard InChI is InChI=1S/C23H20F3N3O2S/c1-29(2)22(31)16-11-10-15(12-17(16)23(24,25)26)27-21(30)20-18(13-8-9-13)19(28-32-20)14-6-4-3-5-7-14/h3-7,10-13H,8-9H2,1-2H3,(H,27,30). The Bertz CT molecular complexity index is 1170. The molecule has 5 nitrogen and oxygen atoms in total. The lowest BCUT2D eigenvalue weighted by atomic mass is 10.0. The predicted molar refractivity (Wildman–Crippen MR) is 117 cm³/mol. The second-order valence-corrected chi connectivity index (χ2v) is 8.60. The van der Waals surface area contributed by atoms with Gasteiger partial charge in [-0.05, 0) is 48.5 Å². The Morgan fingerprint density at radius 3 is 2.38 bits per heavy atom. The lowest BCUT2D eigenvalue weighted by Crippen LogP contribution is -2.25. The van der Waals surface area contributed by atoms with Gasteiger partial charge in [-0.15, -0.1) is 0 Å². The minimum absolute atomic E-state index is 0.0333. The van der Waals surface area contributed by atoms with Crippen LogP contribution in [0.25, 0.3) is 11.3 Å². The number of amides is 2. The van der Waals surface area contributed by atoms with E-state index in [9.17, 15) is 22.8 Å². The van der Waals surface area contributed by atoms with E-state index >= 15 is 0 Å². The molecule has 2 amide bonds. The molecule has 1 aliphatic carbocycles. The summed E-state index contributed by atoms with van der Waals surface area (Å²) in [5, 5.41) is 2.56. The van der Waals surface area contributed by atoms with Crippen LogP contribution in [0.1, 0.15) is 49.9 Å². The van der Waals surface area contributed by atoms with Gasteiger partial charge < -0.3 is 10.2 Å². The number of hydrogen-bond donors (Lipinski definition) is 1. The molecule has 1 fully saturated rings. The molecule has 0 aliphatic heterocycles. The Morgan fingerprint density at radius 1 is 1.09 bits per heavy atom. The molecular formula is C23H20F3N3O2S. The van der Waals surface area contributed by atoms with Crippen molar-refractivity contribution in [1.29, 1.82) is 0 Å². The Kier molecular flexibility index (Phi) is 5.77. The van der Waals surface area contributed by atoms with Gasteiger partial charge in [0.05, 0.1) is 16.8 Å². The van der Waals surface area contributed by atoms with Crippen LogP contribution in [-0.4, -0.2) is 35.2 Å². The fourth-order valence-corrected chi connectivity index (χ4v) is 4.37. The van der Waals surface area contributed by atoms with E-state index in [0.717, 1.165) is 58.2 Å². The van der Waals surface area contributed by atoms with Crippen LogP contribution >= 0.6 is 11.5 Å². The van der Waals surface area contributed by atoms with Gasteiger partial charge in [-0.25, -0.2) is 0 Å². The molecule has 1 heterocycles. The quantitative estimate of drug-likeness (QED) is 0.536. The van der Waals surface area contributed by atoms with Crippen LogP contribution < -0.4 is 5.32 Å². The Morgan fingerprint density at radius 2 is 1.78 bits per heavy atom. The average molecular weight is 459 g/mol. The van der Waals surface area contributed by atoms with E-state index in [4.69, 9.17) is 0 Å². The van der Waals surface area contributed by atoms with Gasteiger partial charge in [0.25, 0.3) is 11.8 Å². The van der Waals surface area contributed by atoms with Crippen molar-refractivity contribution < 1.29 is 22.8 Å². The zero-order valence-corrected chi connectivity index (χ0v) is 18.2. The molecule has 1 saturated carbocycles. The van der Waals surface area contributed by atoms with Gasteiger partial charge in [-0.3, -0.25) is 9.59 Å². The summed E-state index contributed by atoms with van der Waals surface area (Å²) in [5.41, 5.74) is 0.888. The maximum atomic E-state index is 13.6. The average Bonchev–Trinajstić information content (AvgIpc) is 3.50. The van der Waals surface area contributed by atoms with Crippen LogP contribution in [0, 0.1) is 0 Å². The molecule has 9 heteroatoms. The smallest absolute Gasteiger partial charge is 0.345 e. The number of halogens is 3. The first kappa shape index (κ1) is 22.0. The van der Waals surface area contributed by atoms with E-state index in [1.54, 1.807) is 0 Å². The fourth-order valence-electron chi connectivity index (χ4n) is 3.49. The van der Waals surface area contributed by atoms with Crippen molar-refractivity contribution in [1.82, 2.24) is 9.27 Å². The molecule has 0 atom stereocenters. The lowest BCUT2D eigenvalue weighted by Gasteiger charge is -2.17. The van der Waals surface area contributed by atoms with E-state index in [-0.39, 0.29) is 11.6 Å². The minimum atomic E-state index is -4.74. The molecule has 4 rings (SSSR count). The molecule has 0 bridgehead atoms. The zero-order valence-electron chi connectivity index (χ0n) is 17.4. The van der Waals surface area contributed by atoms with E-state index in [1.165, 1.54) is 20.2 Å². The van der Waals surface area contributed by atoms with Crippen LogP contribution in [0.3, 0.4) is 0 Å². The van der Waals surface area contributed by atoms with Gasteiger partial charge in [-0.2, -0.15) is 17.5 Å². The number of carbonyl (C=O) groups excluding carboxylic acids is 2. The lowest BCUT2D eigenvalue weighted by molar-refractivity contribution is -0.138. The molecule has 0 unspecified atom stereocenters. The number of nitrogens with one attached hydrogen (secondary N) is 1. The molecule has 0 saturated heterocycles. The second-order valence-electron chi connectivity index (χ2n) is 7.83. The molecule has 1 aliphatic rings. The number of alkyl halides is 3. The molecule has 1 aromatic heterocycles.